The van der Waals surface area contributed by atoms with E-state index in [4.69, 9.17) is 0 Å². The first-order chi connectivity index (χ1) is 22.8. The van der Waals surface area contributed by atoms with Gasteiger partial charge in [0, 0.05) is 41.2 Å². The molecular formula is C37H68N6O6. The average molecular weight is 693 g/mol. The number of likely N-dealkylation sites (N-methyl/N-ethyl adjacent to an activating group) is 3. The first kappa shape index (κ1) is 43.8. The van der Waals surface area contributed by atoms with Crippen LogP contribution in [-0.2, 0) is 28.8 Å². The number of likely N-dealkylation sites (tertiary alicyclic amines) is 1. The van der Waals surface area contributed by atoms with Gasteiger partial charge in [-0.3, -0.25) is 28.8 Å². The van der Waals surface area contributed by atoms with Crippen molar-refractivity contribution in [3.05, 3.63) is 0 Å². The Hall–Kier alpha value is -3.18. The Morgan fingerprint density at radius 1 is 0.612 bits per heavy atom. The van der Waals surface area contributed by atoms with Crippen LogP contribution in [0.5, 0.6) is 0 Å². The van der Waals surface area contributed by atoms with E-state index in [9.17, 15) is 28.8 Å². The van der Waals surface area contributed by atoms with E-state index in [1.807, 2.05) is 60.3 Å². The maximum Gasteiger partial charge on any atom is 0.245 e. The summed E-state index contributed by atoms with van der Waals surface area (Å²) in [5.74, 6) is -2.15. The molecule has 282 valence electrons. The van der Waals surface area contributed by atoms with Gasteiger partial charge in [-0.1, -0.05) is 68.2 Å². The number of carbonyl (C=O) groups is 6. The molecule has 0 unspecified atom stereocenters. The first-order valence-electron chi connectivity index (χ1n) is 18.5. The summed E-state index contributed by atoms with van der Waals surface area (Å²) in [4.78, 5) is 87.2. The number of hydrogen-bond acceptors (Lipinski definition) is 6. The van der Waals surface area contributed by atoms with Gasteiger partial charge in [-0.2, -0.15) is 0 Å². The Bertz CT molecular complexity index is 1120. The molecular weight excluding hydrogens is 624 g/mol. The van der Waals surface area contributed by atoms with E-state index in [-0.39, 0.29) is 35.5 Å². The fourth-order valence-electron chi connectivity index (χ4n) is 6.19. The molecule has 1 fully saturated rings. The molecule has 7 atom stereocenters. The van der Waals surface area contributed by atoms with Crippen LogP contribution in [-0.4, -0.2) is 119 Å². The van der Waals surface area contributed by atoms with E-state index in [0.29, 0.717) is 38.8 Å². The second-order valence-corrected chi connectivity index (χ2v) is 15.1. The first-order valence-corrected chi connectivity index (χ1v) is 18.5. The molecule has 0 bridgehead atoms. The van der Waals surface area contributed by atoms with Crippen molar-refractivity contribution < 1.29 is 28.8 Å². The molecule has 0 aromatic heterocycles. The monoisotopic (exact) mass is 693 g/mol. The molecule has 1 aliphatic heterocycles. The molecule has 49 heavy (non-hydrogen) atoms. The van der Waals surface area contributed by atoms with Gasteiger partial charge in [-0.25, -0.2) is 0 Å². The van der Waals surface area contributed by atoms with Crippen molar-refractivity contribution in [1.29, 1.82) is 0 Å². The van der Waals surface area contributed by atoms with Crippen LogP contribution < -0.4 is 10.6 Å². The minimum absolute atomic E-state index is 0.0671. The minimum Gasteiger partial charge on any atom is -0.342 e. The van der Waals surface area contributed by atoms with E-state index >= 15 is 0 Å². The van der Waals surface area contributed by atoms with Gasteiger partial charge in [-0.05, 0) is 62.7 Å². The van der Waals surface area contributed by atoms with E-state index < -0.39 is 53.8 Å². The zero-order chi connectivity index (χ0) is 37.7. The molecule has 0 aliphatic carbocycles. The van der Waals surface area contributed by atoms with Crippen LogP contribution in [0.3, 0.4) is 0 Å². The van der Waals surface area contributed by atoms with Gasteiger partial charge in [0.1, 0.15) is 30.2 Å². The molecule has 12 heteroatoms. The van der Waals surface area contributed by atoms with E-state index in [1.54, 1.807) is 21.0 Å². The summed E-state index contributed by atoms with van der Waals surface area (Å²) >= 11 is 0. The summed E-state index contributed by atoms with van der Waals surface area (Å²) in [6.45, 7) is 20.0. The normalized spacial score (nSPS) is 17.7. The highest BCUT2D eigenvalue weighted by Crippen LogP contribution is 2.20. The predicted octanol–water partition coefficient (Wildman–Crippen LogP) is 3.67. The zero-order valence-electron chi connectivity index (χ0n) is 32.8. The third-order valence-corrected chi connectivity index (χ3v) is 10.3. The summed E-state index contributed by atoms with van der Waals surface area (Å²) in [5, 5.41) is 5.93. The summed E-state index contributed by atoms with van der Waals surface area (Å²) < 4.78 is 0. The van der Waals surface area contributed by atoms with E-state index in [1.165, 1.54) is 28.7 Å². The zero-order valence-corrected chi connectivity index (χ0v) is 32.8. The molecule has 0 radical (unpaired) electrons. The van der Waals surface area contributed by atoms with Gasteiger partial charge in [0.25, 0.3) is 0 Å². The molecule has 0 aromatic rings. The lowest BCUT2D eigenvalue weighted by Crippen LogP contribution is -2.60. The molecule has 0 saturated carbocycles. The Morgan fingerprint density at radius 3 is 1.47 bits per heavy atom. The SMILES string of the molecule is CC[C@H](C)[C@H](NC(=O)[C@H](CC(C)C)N(C)C(=O)[C@H](C)N(C)C(=O)[C@@H](NC(=O)[C@H](CC(C)C)N(C)C(C)=O)[C@@H](C)CC)C(=O)N1CCCCC1. The Morgan fingerprint density at radius 2 is 1.04 bits per heavy atom. The lowest BCUT2D eigenvalue weighted by atomic mass is 9.95. The Labute approximate surface area is 296 Å². The summed E-state index contributed by atoms with van der Waals surface area (Å²) in [6.07, 6.45) is 5.07. The number of carbonyl (C=O) groups excluding carboxylic acids is 6. The number of rotatable bonds is 18. The van der Waals surface area contributed by atoms with Crippen molar-refractivity contribution in [2.24, 2.45) is 23.7 Å². The van der Waals surface area contributed by atoms with Crippen LogP contribution in [0.25, 0.3) is 0 Å². The van der Waals surface area contributed by atoms with Gasteiger partial charge in [0.2, 0.25) is 35.4 Å². The van der Waals surface area contributed by atoms with Crippen LogP contribution in [0, 0.1) is 23.7 Å². The standard InChI is InChI=1S/C37H68N6O6/c1-14-25(7)31(38-33(45)29(21-23(3)4)41(12)28(10)44)36(48)40(11)27(9)35(47)42(13)30(22-24(5)6)34(46)39-32(26(8)15-2)37(49)43-19-17-16-18-20-43/h23-27,29-32H,14-22H2,1-13H3,(H,38,45)(H,39,46)/t25-,26-,27-,29-,30-,31-,32-/m0/s1. The van der Waals surface area contributed by atoms with Crippen LogP contribution in [0.2, 0.25) is 0 Å². The highest BCUT2D eigenvalue weighted by molar-refractivity contribution is 5.96. The van der Waals surface area contributed by atoms with Crippen LogP contribution in [0.1, 0.15) is 114 Å². The number of piperidine rings is 1. The quantitative estimate of drug-likeness (QED) is 0.225. The van der Waals surface area contributed by atoms with Crippen LogP contribution >= 0.6 is 0 Å². The van der Waals surface area contributed by atoms with Crippen molar-refractivity contribution in [2.45, 2.75) is 144 Å². The van der Waals surface area contributed by atoms with Crippen LogP contribution in [0.4, 0.5) is 0 Å². The number of amides is 6. The van der Waals surface area contributed by atoms with Gasteiger partial charge >= 0.3 is 0 Å². The highest BCUT2D eigenvalue weighted by atomic mass is 16.2. The smallest absolute Gasteiger partial charge is 0.245 e. The second kappa shape index (κ2) is 20.5. The summed E-state index contributed by atoms with van der Waals surface area (Å²) in [7, 11) is 4.67. The van der Waals surface area contributed by atoms with Crippen LogP contribution in [0.15, 0.2) is 0 Å². The molecule has 1 heterocycles. The van der Waals surface area contributed by atoms with Crippen molar-refractivity contribution >= 4 is 35.4 Å². The number of nitrogens with zero attached hydrogens (tertiary/aromatic N) is 4. The van der Waals surface area contributed by atoms with Gasteiger partial charge in [-0.15, -0.1) is 0 Å². The third-order valence-electron chi connectivity index (χ3n) is 10.3. The third kappa shape index (κ3) is 12.6. The maximum absolute atomic E-state index is 14.0. The lowest BCUT2D eigenvalue weighted by molar-refractivity contribution is -0.150. The highest BCUT2D eigenvalue weighted by Gasteiger charge is 2.39. The predicted molar refractivity (Wildman–Crippen MR) is 193 cm³/mol. The molecule has 1 rings (SSSR count). The fraction of sp³-hybridized carbons (Fsp3) is 0.838. The summed E-state index contributed by atoms with van der Waals surface area (Å²) in [5.41, 5.74) is 0. The van der Waals surface area contributed by atoms with E-state index in [0.717, 1.165) is 19.3 Å². The van der Waals surface area contributed by atoms with Gasteiger partial charge < -0.3 is 30.2 Å². The van der Waals surface area contributed by atoms with E-state index in [2.05, 4.69) is 10.6 Å². The number of hydrogen-bond donors (Lipinski definition) is 2. The van der Waals surface area contributed by atoms with Gasteiger partial charge in [0.05, 0.1) is 0 Å². The molecule has 2 N–H and O–H groups in total. The molecule has 12 nitrogen and oxygen atoms in total. The van der Waals surface area contributed by atoms with Crippen molar-refractivity contribution in [3.63, 3.8) is 0 Å². The van der Waals surface area contributed by atoms with Crippen molar-refractivity contribution in [1.82, 2.24) is 30.2 Å². The Kier molecular flexibility index (Phi) is 18.3. The number of nitrogens with one attached hydrogen (secondary N) is 2. The van der Waals surface area contributed by atoms with Gasteiger partial charge in [0.15, 0.2) is 0 Å². The topological polar surface area (TPSA) is 139 Å². The molecule has 0 aromatic carbocycles. The fourth-order valence-corrected chi connectivity index (χ4v) is 6.19. The molecule has 1 saturated heterocycles. The lowest BCUT2D eigenvalue weighted by Gasteiger charge is -2.37. The van der Waals surface area contributed by atoms with Crippen molar-refractivity contribution in [2.75, 3.05) is 34.2 Å². The minimum atomic E-state index is -0.949. The largest absolute Gasteiger partial charge is 0.342 e. The maximum atomic E-state index is 14.0. The molecule has 1 aliphatic rings. The van der Waals surface area contributed by atoms with Crippen molar-refractivity contribution in [3.8, 4) is 0 Å². The second-order valence-electron chi connectivity index (χ2n) is 15.1. The molecule has 0 spiro atoms. The molecule has 6 amide bonds. The average Bonchev–Trinajstić information content (AvgIpc) is 3.07. The summed E-state index contributed by atoms with van der Waals surface area (Å²) in [6, 6.07) is -4.18. The Balaban J connectivity index is 3.27.